The van der Waals surface area contributed by atoms with Gasteiger partial charge >= 0.3 is 13.6 Å². The second-order valence-corrected chi connectivity index (χ2v) is 6.68. The Kier molecular flexibility index (Phi) is 6.92. The fourth-order valence-electron chi connectivity index (χ4n) is 1.57. The van der Waals surface area contributed by atoms with Gasteiger partial charge in [0.05, 0.1) is 6.61 Å². The zero-order valence-corrected chi connectivity index (χ0v) is 12.5. The van der Waals surface area contributed by atoms with Crippen LogP contribution in [0.25, 0.3) is 0 Å². The maximum atomic E-state index is 12.5. The predicted molar refractivity (Wildman–Crippen MR) is 70.1 cm³/mol. The van der Waals surface area contributed by atoms with Crippen LogP contribution in [0.2, 0.25) is 0 Å². The number of hydrogen-bond acceptors (Lipinski definition) is 4. The molecule has 1 heterocycles. The summed E-state index contributed by atoms with van der Waals surface area (Å²) in [5, 5.41) is 2.79. The number of ether oxygens (including phenoxy) is 1. The minimum Gasteiger partial charge on any atom is -0.459 e. The predicted octanol–water partition coefficient (Wildman–Crippen LogP) is 1.43. The minimum atomic E-state index is -3.11. The van der Waals surface area contributed by atoms with Crippen LogP contribution in [-0.2, 0) is 18.6 Å². The van der Waals surface area contributed by atoms with Gasteiger partial charge in [0.15, 0.2) is 0 Å². The summed E-state index contributed by atoms with van der Waals surface area (Å²) in [6.07, 6.45) is -0.418. The van der Waals surface area contributed by atoms with Gasteiger partial charge in [-0.2, -0.15) is 0 Å². The number of carbonyl (C=O) groups is 1. The van der Waals surface area contributed by atoms with E-state index >= 15 is 0 Å². The molecule has 0 aliphatic carbocycles. The van der Waals surface area contributed by atoms with Crippen LogP contribution < -0.4 is 5.09 Å². The zero-order valence-electron chi connectivity index (χ0n) is 10.1. The zero-order chi connectivity index (χ0) is 13.6. The van der Waals surface area contributed by atoms with Crippen molar-refractivity contribution >= 4 is 36.8 Å². The van der Waals surface area contributed by atoms with Gasteiger partial charge in [0.1, 0.15) is 6.10 Å². The largest absolute Gasteiger partial charge is 0.459 e. The molecule has 0 bridgehead atoms. The fraction of sp³-hybridized carbons (Fsp3) is 0.889. The summed E-state index contributed by atoms with van der Waals surface area (Å²) < 4.78 is 24.4. The van der Waals surface area contributed by atoms with Gasteiger partial charge in [-0.15, -0.1) is 23.2 Å². The summed E-state index contributed by atoms with van der Waals surface area (Å²) in [5.74, 6) is 0.277. The van der Waals surface area contributed by atoms with Gasteiger partial charge < -0.3 is 9.26 Å². The first-order valence-corrected chi connectivity index (χ1v) is 8.20. The third-order valence-electron chi connectivity index (χ3n) is 2.34. The van der Waals surface area contributed by atoms with Crippen molar-refractivity contribution in [1.29, 1.82) is 0 Å². The van der Waals surface area contributed by atoms with E-state index in [0.717, 1.165) is 0 Å². The molecule has 106 valence electrons. The van der Waals surface area contributed by atoms with Crippen molar-refractivity contribution in [3.8, 4) is 0 Å². The van der Waals surface area contributed by atoms with Crippen LogP contribution in [0.15, 0.2) is 0 Å². The summed E-state index contributed by atoms with van der Waals surface area (Å²) >= 11 is 11.3. The molecule has 18 heavy (non-hydrogen) atoms. The van der Waals surface area contributed by atoms with Crippen LogP contribution in [0, 0.1) is 0 Å². The molecule has 0 aromatic carbocycles. The first kappa shape index (κ1) is 16.2. The van der Waals surface area contributed by atoms with Crippen LogP contribution in [0.1, 0.15) is 6.92 Å². The van der Waals surface area contributed by atoms with Gasteiger partial charge in [-0.25, -0.2) is 9.76 Å². The quantitative estimate of drug-likeness (QED) is 0.454. The third kappa shape index (κ3) is 4.68. The van der Waals surface area contributed by atoms with Gasteiger partial charge in [0, 0.05) is 38.3 Å². The van der Waals surface area contributed by atoms with Crippen molar-refractivity contribution in [3.05, 3.63) is 0 Å². The summed E-state index contributed by atoms with van der Waals surface area (Å²) in [7, 11) is -3.11. The molecule has 1 saturated heterocycles. The smallest absolute Gasteiger partial charge is 0.343 e. The lowest BCUT2D eigenvalue weighted by atomic mass is 10.4. The Hall–Kier alpha value is 0.160. The molecule has 1 N–H and O–H groups in total. The van der Waals surface area contributed by atoms with Gasteiger partial charge in [-0.3, -0.25) is 9.36 Å². The first-order valence-electron chi connectivity index (χ1n) is 5.56. The Morgan fingerprint density at radius 3 is 2.50 bits per heavy atom. The maximum Gasteiger partial charge on any atom is 0.343 e. The van der Waals surface area contributed by atoms with Gasteiger partial charge in [-0.1, -0.05) is 0 Å². The van der Waals surface area contributed by atoms with E-state index in [1.807, 2.05) is 0 Å². The number of halogens is 2. The summed E-state index contributed by atoms with van der Waals surface area (Å²) in [5.41, 5.74) is 0. The van der Waals surface area contributed by atoms with Crippen LogP contribution in [0.3, 0.4) is 0 Å². The van der Waals surface area contributed by atoms with E-state index in [1.165, 1.54) is 6.92 Å². The molecule has 2 atom stereocenters. The molecule has 9 heteroatoms. The molecule has 0 unspecified atom stereocenters. The fourth-order valence-corrected chi connectivity index (χ4v) is 4.20. The van der Waals surface area contributed by atoms with E-state index in [2.05, 4.69) is 5.09 Å². The van der Waals surface area contributed by atoms with Crippen molar-refractivity contribution in [2.24, 2.45) is 0 Å². The lowest BCUT2D eigenvalue weighted by Crippen LogP contribution is -2.43. The molecular weight excluding hydrogens is 302 g/mol. The maximum absolute atomic E-state index is 12.5. The lowest BCUT2D eigenvalue weighted by molar-refractivity contribution is -0.148. The van der Waals surface area contributed by atoms with Crippen LogP contribution >= 0.6 is 30.9 Å². The number of nitrogens with zero attached hydrogens (tertiary/aromatic N) is 1. The van der Waals surface area contributed by atoms with Crippen LogP contribution in [0.5, 0.6) is 0 Å². The van der Waals surface area contributed by atoms with Crippen molar-refractivity contribution in [3.63, 3.8) is 0 Å². The van der Waals surface area contributed by atoms with E-state index in [0.29, 0.717) is 24.8 Å². The molecule has 1 rings (SSSR count). The van der Waals surface area contributed by atoms with E-state index in [9.17, 15) is 9.36 Å². The Morgan fingerprint density at radius 1 is 1.50 bits per heavy atom. The van der Waals surface area contributed by atoms with E-state index in [4.69, 9.17) is 32.5 Å². The van der Waals surface area contributed by atoms with Gasteiger partial charge in [0.25, 0.3) is 0 Å². The van der Waals surface area contributed by atoms with E-state index in [1.54, 1.807) is 4.67 Å². The first-order chi connectivity index (χ1) is 8.51. The lowest BCUT2D eigenvalue weighted by Gasteiger charge is -2.35. The second-order valence-electron chi connectivity index (χ2n) is 3.74. The Morgan fingerprint density at radius 2 is 2.11 bits per heavy atom. The van der Waals surface area contributed by atoms with Crippen molar-refractivity contribution in [2.45, 2.75) is 13.0 Å². The molecule has 0 aromatic heterocycles. The molecule has 1 aliphatic rings. The molecule has 0 saturated carbocycles. The highest BCUT2D eigenvalue weighted by atomic mass is 35.5. The third-order valence-corrected chi connectivity index (χ3v) is 4.91. The Labute approximate surface area is 116 Å². The normalized spacial score (nSPS) is 28.3. The molecule has 1 fully saturated rings. The van der Waals surface area contributed by atoms with E-state index < -0.39 is 13.8 Å². The number of esters is 1. The van der Waals surface area contributed by atoms with Crippen LogP contribution in [0.4, 0.5) is 0 Å². The number of carbonyl (C=O) groups excluding carboxylic acids is 1. The second kappa shape index (κ2) is 7.68. The molecule has 0 amide bonds. The van der Waals surface area contributed by atoms with Crippen LogP contribution in [-0.4, -0.2) is 54.7 Å². The Balaban J connectivity index is 2.56. The minimum absolute atomic E-state index is 0.102. The highest BCUT2D eigenvalue weighted by Gasteiger charge is 2.37. The van der Waals surface area contributed by atoms with E-state index in [-0.39, 0.29) is 19.1 Å². The summed E-state index contributed by atoms with van der Waals surface area (Å²) in [4.78, 5) is 10.8. The van der Waals surface area contributed by atoms with Crippen molar-refractivity contribution in [1.82, 2.24) is 9.76 Å². The monoisotopic (exact) mass is 318 g/mol. The number of alkyl halides is 2. The molecule has 0 aromatic rings. The summed E-state index contributed by atoms with van der Waals surface area (Å²) in [6, 6.07) is 0. The highest BCUT2D eigenvalue weighted by molar-refractivity contribution is 7.54. The molecule has 0 spiro atoms. The SMILES string of the molecule is CC(=O)O[C@H]1CN[P@](=O)(N(CCCl)CCCl)OC1. The number of rotatable bonds is 6. The Bertz CT molecular complexity index is 314. The number of hydrogen-bond donors (Lipinski definition) is 1. The topological polar surface area (TPSA) is 67.9 Å². The summed E-state index contributed by atoms with van der Waals surface area (Å²) in [6.45, 7) is 2.54. The standard InChI is InChI=1S/C9H17Cl2N2O4P/c1-8(14)17-9-6-12-18(15,16-7-9)13(4-2-10)5-3-11/h9H,2-7H2,1H3,(H,12,15)/t9-,18+/m0/s1. The van der Waals surface area contributed by atoms with Crippen molar-refractivity contribution in [2.75, 3.05) is 38.0 Å². The highest BCUT2D eigenvalue weighted by Crippen LogP contribution is 2.48. The van der Waals surface area contributed by atoms with Gasteiger partial charge in [-0.05, 0) is 0 Å². The van der Waals surface area contributed by atoms with Crippen molar-refractivity contribution < 1.29 is 18.6 Å². The molecule has 1 aliphatic heterocycles. The molecular formula is C9H17Cl2N2O4P. The average molecular weight is 319 g/mol. The van der Waals surface area contributed by atoms with Gasteiger partial charge in [0.2, 0.25) is 0 Å². The average Bonchev–Trinajstić information content (AvgIpc) is 2.32. The number of nitrogens with one attached hydrogen (secondary N) is 1. The molecule has 0 radical (unpaired) electrons. The molecule has 6 nitrogen and oxygen atoms in total.